The Morgan fingerprint density at radius 1 is 1.17 bits per heavy atom. The zero-order valence-corrected chi connectivity index (χ0v) is 17.4. The standard InChI is InChI=1S/C21H29N5O3/c1-4-29-21(27)26-12-10-25(11-13-26)20-15-19(23-16(2)24-20)22-9-8-17-6-5-7-18(14-17)28-3/h5-7,14-15H,4,8-13H2,1-3H3,(H,22,23,24). The van der Waals surface area contributed by atoms with Crippen LogP contribution >= 0.6 is 0 Å². The third-order valence-electron chi connectivity index (χ3n) is 4.81. The van der Waals surface area contributed by atoms with Crippen molar-refractivity contribution in [3.63, 3.8) is 0 Å². The van der Waals surface area contributed by atoms with Crippen molar-refractivity contribution in [2.45, 2.75) is 20.3 Å². The number of nitrogens with zero attached hydrogens (tertiary/aromatic N) is 4. The average molecular weight is 399 g/mol. The largest absolute Gasteiger partial charge is 0.497 e. The summed E-state index contributed by atoms with van der Waals surface area (Å²) < 4.78 is 10.4. The van der Waals surface area contributed by atoms with E-state index >= 15 is 0 Å². The third-order valence-corrected chi connectivity index (χ3v) is 4.81. The van der Waals surface area contributed by atoms with Crippen LogP contribution in [0.2, 0.25) is 0 Å². The maximum absolute atomic E-state index is 11.9. The number of hydrogen-bond acceptors (Lipinski definition) is 7. The van der Waals surface area contributed by atoms with Crippen LogP contribution in [0.1, 0.15) is 18.3 Å². The Morgan fingerprint density at radius 3 is 2.69 bits per heavy atom. The minimum Gasteiger partial charge on any atom is -0.497 e. The predicted molar refractivity (Wildman–Crippen MR) is 113 cm³/mol. The number of rotatable bonds is 7. The smallest absolute Gasteiger partial charge is 0.409 e. The molecule has 0 atom stereocenters. The van der Waals surface area contributed by atoms with E-state index in [1.165, 1.54) is 5.56 Å². The number of amides is 1. The van der Waals surface area contributed by atoms with Crippen LogP contribution in [0, 0.1) is 6.92 Å². The van der Waals surface area contributed by atoms with E-state index in [9.17, 15) is 4.79 Å². The van der Waals surface area contributed by atoms with Crippen LogP contribution in [0.25, 0.3) is 0 Å². The van der Waals surface area contributed by atoms with Gasteiger partial charge in [0.15, 0.2) is 0 Å². The third kappa shape index (κ3) is 5.73. The van der Waals surface area contributed by atoms with Gasteiger partial charge in [-0.15, -0.1) is 0 Å². The van der Waals surface area contributed by atoms with Crippen molar-refractivity contribution in [1.29, 1.82) is 0 Å². The van der Waals surface area contributed by atoms with E-state index in [1.54, 1.807) is 12.0 Å². The monoisotopic (exact) mass is 399 g/mol. The number of hydrogen-bond donors (Lipinski definition) is 1. The quantitative estimate of drug-likeness (QED) is 0.767. The highest BCUT2D eigenvalue weighted by atomic mass is 16.6. The Morgan fingerprint density at radius 2 is 1.97 bits per heavy atom. The fraction of sp³-hybridized carbons (Fsp3) is 0.476. The Labute approximate surface area is 171 Å². The summed E-state index contributed by atoms with van der Waals surface area (Å²) in [5.74, 6) is 3.27. The van der Waals surface area contributed by atoms with Gasteiger partial charge in [-0.05, 0) is 38.0 Å². The highest BCUT2D eigenvalue weighted by molar-refractivity contribution is 5.68. The predicted octanol–water partition coefficient (Wildman–Crippen LogP) is 2.73. The molecule has 1 amide bonds. The lowest BCUT2D eigenvalue weighted by Crippen LogP contribution is -2.49. The fourth-order valence-corrected chi connectivity index (χ4v) is 3.30. The van der Waals surface area contributed by atoms with Gasteiger partial charge >= 0.3 is 6.09 Å². The molecule has 1 N–H and O–H groups in total. The van der Waals surface area contributed by atoms with Gasteiger partial charge in [0, 0.05) is 38.8 Å². The first-order chi connectivity index (χ1) is 14.1. The summed E-state index contributed by atoms with van der Waals surface area (Å²) in [7, 11) is 1.68. The lowest BCUT2D eigenvalue weighted by atomic mass is 10.1. The number of carbonyl (C=O) groups excluding carboxylic acids is 1. The maximum atomic E-state index is 11.9. The zero-order valence-electron chi connectivity index (χ0n) is 17.4. The van der Waals surface area contributed by atoms with Gasteiger partial charge in [0.2, 0.25) is 0 Å². The van der Waals surface area contributed by atoms with Crippen molar-refractivity contribution in [3.8, 4) is 5.75 Å². The molecule has 1 aliphatic rings. The highest BCUT2D eigenvalue weighted by Gasteiger charge is 2.23. The number of methoxy groups -OCH3 is 1. The normalized spacial score (nSPS) is 13.9. The molecule has 0 saturated carbocycles. The molecule has 1 aromatic carbocycles. The van der Waals surface area contributed by atoms with Crippen molar-refractivity contribution in [2.75, 3.05) is 56.7 Å². The second kappa shape index (κ2) is 9.95. The molecule has 2 aromatic rings. The van der Waals surface area contributed by atoms with E-state index in [-0.39, 0.29) is 6.09 Å². The number of nitrogens with one attached hydrogen (secondary N) is 1. The van der Waals surface area contributed by atoms with Crippen molar-refractivity contribution < 1.29 is 14.3 Å². The molecule has 1 saturated heterocycles. The first kappa shape index (κ1) is 20.7. The molecular weight excluding hydrogens is 370 g/mol. The molecule has 0 spiro atoms. The van der Waals surface area contributed by atoms with Gasteiger partial charge in [0.1, 0.15) is 23.2 Å². The number of piperazine rings is 1. The Hall–Kier alpha value is -3.03. The average Bonchev–Trinajstić information content (AvgIpc) is 2.74. The van der Waals surface area contributed by atoms with Crippen molar-refractivity contribution in [2.24, 2.45) is 0 Å². The Bertz CT molecular complexity index is 822. The number of aryl methyl sites for hydroxylation is 1. The minimum absolute atomic E-state index is 0.245. The molecule has 2 heterocycles. The lowest BCUT2D eigenvalue weighted by Gasteiger charge is -2.34. The van der Waals surface area contributed by atoms with E-state index in [0.717, 1.165) is 49.3 Å². The van der Waals surface area contributed by atoms with Crippen molar-refractivity contribution in [3.05, 3.63) is 41.7 Å². The summed E-state index contributed by atoms with van der Waals surface area (Å²) >= 11 is 0. The van der Waals surface area contributed by atoms with Crippen LogP contribution < -0.4 is 15.0 Å². The van der Waals surface area contributed by atoms with Gasteiger partial charge in [-0.3, -0.25) is 0 Å². The molecule has 1 aromatic heterocycles. The molecule has 0 aliphatic carbocycles. The lowest BCUT2D eigenvalue weighted by molar-refractivity contribution is 0.105. The Kier molecular flexibility index (Phi) is 7.10. The maximum Gasteiger partial charge on any atom is 0.409 e. The number of aromatic nitrogens is 2. The Balaban J connectivity index is 1.56. The molecule has 156 valence electrons. The van der Waals surface area contributed by atoms with Crippen LogP contribution in [-0.2, 0) is 11.2 Å². The molecule has 0 radical (unpaired) electrons. The van der Waals surface area contributed by atoms with Gasteiger partial charge in [-0.25, -0.2) is 14.8 Å². The summed E-state index contributed by atoms with van der Waals surface area (Å²) in [6, 6.07) is 10.0. The molecule has 29 heavy (non-hydrogen) atoms. The van der Waals surface area contributed by atoms with Gasteiger partial charge in [0.05, 0.1) is 13.7 Å². The summed E-state index contributed by atoms with van der Waals surface area (Å²) in [6.45, 7) is 7.57. The number of benzene rings is 1. The first-order valence-corrected chi connectivity index (χ1v) is 9.98. The molecule has 1 fully saturated rings. The van der Waals surface area contributed by atoms with Crippen LogP contribution in [0.15, 0.2) is 30.3 Å². The summed E-state index contributed by atoms with van der Waals surface area (Å²) in [6.07, 6.45) is 0.624. The molecule has 0 bridgehead atoms. The highest BCUT2D eigenvalue weighted by Crippen LogP contribution is 2.19. The van der Waals surface area contributed by atoms with E-state index in [4.69, 9.17) is 9.47 Å². The molecule has 0 unspecified atom stereocenters. The second-order valence-corrected chi connectivity index (χ2v) is 6.86. The van der Waals surface area contributed by atoms with Gasteiger partial charge in [0.25, 0.3) is 0 Å². The van der Waals surface area contributed by atoms with Crippen molar-refractivity contribution >= 4 is 17.7 Å². The number of anilines is 2. The molecule has 8 heteroatoms. The zero-order chi connectivity index (χ0) is 20.6. The van der Waals surface area contributed by atoms with Crippen molar-refractivity contribution in [1.82, 2.24) is 14.9 Å². The summed E-state index contributed by atoms with van der Waals surface area (Å²) in [4.78, 5) is 24.9. The van der Waals surface area contributed by atoms with Gasteiger partial charge < -0.3 is 24.6 Å². The fourth-order valence-electron chi connectivity index (χ4n) is 3.30. The van der Waals surface area contributed by atoms with E-state index in [0.29, 0.717) is 19.7 Å². The first-order valence-electron chi connectivity index (χ1n) is 9.98. The molecule has 3 rings (SSSR count). The van der Waals surface area contributed by atoms with E-state index in [2.05, 4.69) is 26.3 Å². The van der Waals surface area contributed by atoms with Crippen LogP contribution in [0.3, 0.4) is 0 Å². The SMILES string of the molecule is CCOC(=O)N1CCN(c2cc(NCCc3cccc(OC)c3)nc(C)n2)CC1. The topological polar surface area (TPSA) is 79.8 Å². The van der Waals surface area contributed by atoms with Crippen LogP contribution in [0.5, 0.6) is 5.75 Å². The van der Waals surface area contributed by atoms with E-state index in [1.807, 2.05) is 38.1 Å². The van der Waals surface area contributed by atoms with Crippen LogP contribution in [0.4, 0.5) is 16.4 Å². The minimum atomic E-state index is -0.245. The molecule has 8 nitrogen and oxygen atoms in total. The van der Waals surface area contributed by atoms with Gasteiger partial charge in [-0.1, -0.05) is 12.1 Å². The van der Waals surface area contributed by atoms with Gasteiger partial charge in [-0.2, -0.15) is 0 Å². The summed E-state index contributed by atoms with van der Waals surface area (Å²) in [5, 5.41) is 3.39. The number of carbonyl (C=O) groups is 1. The second-order valence-electron chi connectivity index (χ2n) is 6.86. The summed E-state index contributed by atoms with van der Waals surface area (Å²) in [5.41, 5.74) is 1.21. The van der Waals surface area contributed by atoms with Crippen LogP contribution in [-0.4, -0.2) is 67.4 Å². The molecule has 1 aliphatic heterocycles. The van der Waals surface area contributed by atoms with E-state index < -0.39 is 0 Å². The molecular formula is C21H29N5O3. The number of ether oxygens (including phenoxy) is 2.